The summed E-state index contributed by atoms with van der Waals surface area (Å²) in [5.41, 5.74) is 3.04. The first-order valence-electron chi connectivity index (χ1n) is 25.2. The number of hydrogen-bond acceptors (Lipinski definition) is 18. The van der Waals surface area contributed by atoms with E-state index in [9.17, 15) is 29.7 Å². The summed E-state index contributed by atoms with van der Waals surface area (Å²) >= 11 is 0. The van der Waals surface area contributed by atoms with Gasteiger partial charge < -0.3 is 73.0 Å². The van der Waals surface area contributed by atoms with Crippen molar-refractivity contribution in [1.29, 1.82) is 0 Å². The number of oxime groups is 1. The molecule has 2 aromatic rings. The number of ketones is 1. The zero-order valence-electron chi connectivity index (χ0n) is 43.6. The first-order valence-corrected chi connectivity index (χ1v) is 25.2. The Balaban J connectivity index is 1.26. The van der Waals surface area contributed by atoms with Crippen LogP contribution < -0.4 is 5.32 Å². The van der Waals surface area contributed by atoms with E-state index in [4.69, 9.17) is 47.5 Å². The SMILES string of the molecule is CO[C@@H]1[C@H](O)[C@@H](C)O[C@@H](OC[C@H]2/C=C(C)/C=C/C(=O)[C@H](C)CC3CCOC/C(=N\OCc4ccc(C(=O)Nc5ccccc5)cc4)CO[C@H](CC(=O)OC2)[C@H](C)[C@H]3O[C@@H]2O[C@H](C)[C@@H](O)[C@H](N(C)C)[C@H]2O)[C@@H]1OC. The summed E-state index contributed by atoms with van der Waals surface area (Å²) in [6.07, 6.45) is -4.21. The highest BCUT2D eigenvalue weighted by Crippen LogP contribution is 2.36. The predicted molar refractivity (Wildman–Crippen MR) is 268 cm³/mol. The number of carbonyl (C=O) groups is 3. The second-order valence-corrected chi connectivity index (χ2v) is 19.9. The van der Waals surface area contributed by atoms with E-state index in [1.807, 2.05) is 57.2 Å². The number of ether oxygens (including phenoxy) is 9. The van der Waals surface area contributed by atoms with Gasteiger partial charge in [0.25, 0.3) is 5.91 Å². The maximum atomic E-state index is 14.2. The Bertz CT molecular complexity index is 2160. The van der Waals surface area contributed by atoms with Gasteiger partial charge in [-0.1, -0.05) is 67.1 Å². The van der Waals surface area contributed by atoms with Gasteiger partial charge in [0.05, 0.1) is 69.4 Å². The van der Waals surface area contributed by atoms with Gasteiger partial charge in [-0.3, -0.25) is 14.4 Å². The van der Waals surface area contributed by atoms with Crippen LogP contribution in [-0.2, 0) is 63.7 Å². The number of carbonyl (C=O) groups excluding carboxylic acids is 3. The van der Waals surface area contributed by atoms with Crippen molar-refractivity contribution < 1.29 is 77.2 Å². The fraction of sp³-hybridized carbons (Fsp3) is 0.630. The number of amides is 1. The molecule has 4 N–H and O–H groups in total. The van der Waals surface area contributed by atoms with Gasteiger partial charge in [0.1, 0.15) is 36.7 Å². The van der Waals surface area contributed by atoms with Crippen LogP contribution in [0, 0.1) is 23.7 Å². The van der Waals surface area contributed by atoms with Crippen molar-refractivity contribution in [3.05, 3.63) is 89.5 Å². The molecule has 2 bridgehead atoms. The van der Waals surface area contributed by atoms with Crippen molar-refractivity contribution in [2.75, 3.05) is 66.7 Å². The van der Waals surface area contributed by atoms with Crippen molar-refractivity contribution in [2.24, 2.45) is 28.8 Å². The number of nitrogens with zero attached hydrogens (tertiary/aromatic N) is 2. The molecule has 0 spiro atoms. The summed E-state index contributed by atoms with van der Waals surface area (Å²) in [6.45, 7) is 9.12. The monoisotopic (exact) mass is 1020 g/mol. The fourth-order valence-corrected chi connectivity index (χ4v) is 9.78. The minimum Gasteiger partial charge on any atom is -0.465 e. The molecule has 0 saturated carbocycles. The maximum absolute atomic E-state index is 14.2. The maximum Gasteiger partial charge on any atom is 0.308 e. The summed E-state index contributed by atoms with van der Waals surface area (Å²) < 4.78 is 55.4. The summed E-state index contributed by atoms with van der Waals surface area (Å²) in [7, 11) is 6.47. The number of rotatable bonds is 13. The smallest absolute Gasteiger partial charge is 0.308 e. The van der Waals surface area contributed by atoms with E-state index in [2.05, 4.69) is 10.5 Å². The Hall–Kier alpha value is -4.48. The normalized spacial score (nSPS) is 36.1. The molecule has 6 rings (SSSR count). The molecule has 1 unspecified atom stereocenters. The van der Waals surface area contributed by atoms with Crippen LogP contribution >= 0.6 is 0 Å². The third-order valence-electron chi connectivity index (χ3n) is 14.1. The lowest BCUT2D eigenvalue weighted by Gasteiger charge is -2.47. The molecule has 4 aliphatic heterocycles. The highest BCUT2D eigenvalue weighted by atomic mass is 16.7. The van der Waals surface area contributed by atoms with Crippen molar-refractivity contribution >= 4 is 29.1 Å². The van der Waals surface area contributed by atoms with E-state index in [0.29, 0.717) is 29.8 Å². The average Bonchev–Trinajstić information content (AvgIpc) is 3.39. The molecule has 4 aliphatic rings. The lowest BCUT2D eigenvalue weighted by Crippen LogP contribution is -2.63. The number of likely N-dealkylation sites (N-methyl/N-ethyl adjacent to an activating group) is 1. The standard InChI is InChI=1S/C54H77N3O16/c1-31-15-20-42(58)32(2)24-39-21-22-66-29-41(56-70-28-36-16-18-38(19-17-36)52(63)55-40-13-11-10-12-14-40)30-67-43(33(3)49(39)73-53-48(62)45(57(6)7)46(60)34(4)71-53)25-44(59)68-26-37(23-31)27-69-54-51(65-9)50(64-8)47(61)35(5)72-54/h10-20,23,32-35,37,39,43,45-51,53-54,60-62H,21-22,24-30H2,1-9H3,(H,55,63)/b20-15+,31-23+,56-41+/t32-,33+,34-,35-,37+,39?,43-,45+,46-,47-,48-,49-,50-,51-,53+,54-/m1/s1. The minimum atomic E-state index is -1.27. The Kier molecular flexibility index (Phi) is 22.1. The Labute approximate surface area is 429 Å². The number of aliphatic hydroxyl groups is 3. The van der Waals surface area contributed by atoms with E-state index in [1.165, 1.54) is 20.3 Å². The number of cyclic esters (lactones) is 1. The van der Waals surface area contributed by atoms with Crippen molar-refractivity contribution in [1.82, 2.24) is 4.90 Å². The average molecular weight is 1020 g/mol. The van der Waals surface area contributed by atoms with E-state index in [0.717, 1.165) is 11.1 Å². The molecule has 73 heavy (non-hydrogen) atoms. The van der Waals surface area contributed by atoms with E-state index in [1.54, 1.807) is 63.2 Å². The molecule has 2 aromatic carbocycles. The van der Waals surface area contributed by atoms with Crippen LogP contribution in [0.5, 0.6) is 0 Å². The molecule has 16 atom stereocenters. The predicted octanol–water partition coefficient (Wildman–Crippen LogP) is 4.46. The molecule has 3 saturated heterocycles. The zero-order valence-corrected chi connectivity index (χ0v) is 43.6. The van der Waals surface area contributed by atoms with E-state index in [-0.39, 0.29) is 57.8 Å². The van der Waals surface area contributed by atoms with Crippen LogP contribution in [0.2, 0.25) is 0 Å². The quantitative estimate of drug-likeness (QED) is 0.160. The molecule has 0 aromatic heterocycles. The van der Waals surface area contributed by atoms with Gasteiger partial charge in [-0.25, -0.2) is 0 Å². The van der Waals surface area contributed by atoms with Gasteiger partial charge in [-0.15, -0.1) is 0 Å². The van der Waals surface area contributed by atoms with Gasteiger partial charge in [0, 0.05) is 49.8 Å². The van der Waals surface area contributed by atoms with Crippen molar-refractivity contribution in [3.63, 3.8) is 0 Å². The van der Waals surface area contributed by atoms with E-state index >= 15 is 0 Å². The Morgan fingerprint density at radius 3 is 2.25 bits per heavy atom. The Morgan fingerprint density at radius 2 is 1.55 bits per heavy atom. The molecule has 0 aliphatic carbocycles. The summed E-state index contributed by atoms with van der Waals surface area (Å²) in [6, 6.07) is 15.4. The third kappa shape index (κ3) is 16.0. The number of methoxy groups -OCH3 is 2. The number of benzene rings is 2. The number of fused-ring (bicyclic) bond motifs is 3. The van der Waals surface area contributed by atoms with E-state index < -0.39 is 103 Å². The minimum absolute atomic E-state index is 0.0127. The summed E-state index contributed by atoms with van der Waals surface area (Å²) in [4.78, 5) is 48.6. The van der Waals surface area contributed by atoms with Gasteiger partial charge in [0.2, 0.25) is 0 Å². The number of esters is 1. The number of nitrogens with one attached hydrogen (secondary N) is 1. The molecule has 404 valence electrons. The number of allylic oxidation sites excluding steroid dienone is 3. The molecule has 3 fully saturated rings. The number of aliphatic hydroxyl groups excluding tert-OH is 3. The molecule has 0 radical (unpaired) electrons. The van der Waals surface area contributed by atoms with Gasteiger partial charge in [-0.2, -0.15) is 0 Å². The summed E-state index contributed by atoms with van der Waals surface area (Å²) in [5, 5.41) is 40.8. The van der Waals surface area contributed by atoms with Crippen LogP contribution in [0.25, 0.3) is 0 Å². The summed E-state index contributed by atoms with van der Waals surface area (Å²) in [5.74, 6) is -2.96. The fourth-order valence-electron chi connectivity index (χ4n) is 9.78. The second kappa shape index (κ2) is 27.9. The van der Waals surface area contributed by atoms with Gasteiger partial charge >= 0.3 is 5.97 Å². The molecular formula is C54H77N3O16. The lowest BCUT2D eigenvalue weighted by atomic mass is 9.79. The van der Waals surface area contributed by atoms with Gasteiger partial charge in [-0.05, 0) is 89.5 Å². The highest BCUT2D eigenvalue weighted by molar-refractivity contribution is 6.04. The highest BCUT2D eigenvalue weighted by Gasteiger charge is 2.48. The van der Waals surface area contributed by atoms with Crippen LogP contribution in [0.3, 0.4) is 0 Å². The zero-order chi connectivity index (χ0) is 52.8. The second-order valence-electron chi connectivity index (χ2n) is 19.9. The lowest BCUT2D eigenvalue weighted by molar-refractivity contribution is -0.305. The molecule has 4 heterocycles. The molecular weight excluding hydrogens is 947 g/mol. The van der Waals surface area contributed by atoms with Crippen LogP contribution in [0.4, 0.5) is 5.69 Å². The number of anilines is 1. The van der Waals surface area contributed by atoms with Crippen LogP contribution in [0.15, 0.2) is 83.6 Å². The third-order valence-corrected chi connectivity index (χ3v) is 14.1. The van der Waals surface area contributed by atoms with Gasteiger partial charge in [0.15, 0.2) is 18.4 Å². The number of para-hydroxylation sites is 1. The first kappa shape index (κ1) is 57.8. The molecule has 1 amide bonds. The first-order chi connectivity index (χ1) is 35.0. The number of hydrogen-bond donors (Lipinski definition) is 4. The van der Waals surface area contributed by atoms with Crippen LogP contribution in [0.1, 0.15) is 69.8 Å². The topological polar surface area (TPSA) is 232 Å². The Morgan fingerprint density at radius 1 is 0.849 bits per heavy atom. The van der Waals surface area contributed by atoms with Crippen LogP contribution in [-0.4, -0.2) is 178 Å². The largest absolute Gasteiger partial charge is 0.465 e. The molecule has 19 nitrogen and oxygen atoms in total. The van der Waals surface area contributed by atoms with Crippen molar-refractivity contribution in [2.45, 2.75) is 134 Å². The van der Waals surface area contributed by atoms with Crippen molar-refractivity contribution in [3.8, 4) is 0 Å². The molecule has 19 heteroatoms.